The lowest BCUT2D eigenvalue weighted by molar-refractivity contribution is 0.132. The predicted molar refractivity (Wildman–Crippen MR) is 56.8 cm³/mol. The van der Waals surface area contributed by atoms with Crippen LogP contribution in [0.15, 0.2) is 12.2 Å². The molecule has 2 atom stereocenters. The van der Waals surface area contributed by atoms with E-state index in [1.54, 1.807) is 0 Å². The highest BCUT2D eigenvalue weighted by molar-refractivity contribution is 4.90. The highest BCUT2D eigenvalue weighted by atomic mass is 16.5. The molecule has 1 aliphatic rings. The monoisotopic (exact) mass is 182 g/mol. The zero-order valence-corrected chi connectivity index (χ0v) is 8.96. The van der Waals surface area contributed by atoms with E-state index < -0.39 is 0 Å². The van der Waals surface area contributed by atoms with Crippen molar-refractivity contribution in [3.63, 3.8) is 0 Å². The summed E-state index contributed by atoms with van der Waals surface area (Å²) in [7, 11) is 0. The first-order valence-corrected chi connectivity index (χ1v) is 5.57. The fraction of sp³-hybridized carbons (Fsp3) is 0.833. The van der Waals surface area contributed by atoms with Gasteiger partial charge in [-0.25, -0.2) is 0 Å². The van der Waals surface area contributed by atoms with E-state index >= 15 is 0 Å². The molecule has 0 radical (unpaired) electrons. The minimum absolute atomic E-state index is 0.858. The minimum atomic E-state index is 0.858. The molecule has 0 bridgehead atoms. The van der Waals surface area contributed by atoms with Crippen LogP contribution in [0.4, 0.5) is 0 Å². The van der Waals surface area contributed by atoms with Crippen LogP contribution >= 0.6 is 0 Å². The fourth-order valence-corrected chi connectivity index (χ4v) is 2.22. The topological polar surface area (TPSA) is 9.23 Å². The van der Waals surface area contributed by atoms with Gasteiger partial charge in [-0.1, -0.05) is 12.2 Å². The third-order valence-electron chi connectivity index (χ3n) is 2.92. The molecule has 0 heterocycles. The lowest BCUT2D eigenvalue weighted by Gasteiger charge is -2.08. The van der Waals surface area contributed by atoms with Crippen LogP contribution in [0.1, 0.15) is 39.5 Å². The third kappa shape index (κ3) is 3.95. The summed E-state index contributed by atoms with van der Waals surface area (Å²) in [6, 6.07) is 0. The number of rotatable bonds is 5. The first-order valence-electron chi connectivity index (χ1n) is 5.57. The van der Waals surface area contributed by atoms with Crippen molar-refractivity contribution in [1.82, 2.24) is 0 Å². The maximum Gasteiger partial charge on any atom is 0.0468 e. The number of allylic oxidation sites excluding steroid dienone is 2. The Morgan fingerprint density at radius 2 is 2.23 bits per heavy atom. The average molecular weight is 182 g/mol. The number of hydrogen-bond donors (Lipinski definition) is 0. The Bertz CT molecular complexity index is 151. The largest absolute Gasteiger partial charge is 0.382 e. The van der Waals surface area contributed by atoms with Gasteiger partial charge in [0.15, 0.2) is 0 Å². The van der Waals surface area contributed by atoms with Gasteiger partial charge in [-0.3, -0.25) is 0 Å². The van der Waals surface area contributed by atoms with E-state index in [0.29, 0.717) is 0 Å². The van der Waals surface area contributed by atoms with E-state index in [0.717, 1.165) is 25.0 Å². The minimum Gasteiger partial charge on any atom is -0.382 e. The van der Waals surface area contributed by atoms with E-state index in [9.17, 15) is 0 Å². The molecule has 1 nitrogen and oxygen atoms in total. The van der Waals surface area contributed by atoms with Crippen LogP contribution in [0.5, 0.6) is 0 Å². The lowest BCUT2D eigenvalue weighted by Crippen LogP contribution is -2.01. The second-order valence-electron chi connectivity index (χ2n) is 3.95. The Morgan fingerprint density at radius 1 is 1.38 bits per heavy atom. The standard InChI is InChI=1S/C12H22O/c1-3-5-11-6-7-12(10-11)8-9-13-4-2/h3,5,11-12H,4,6-10H2,1-2H3/b5-3+. The van der Waals surface area contributed by atoms with E-state index in [1.807, 2.05) is 0 Å². The highest BCUT2D eigenvalue weighted by Gasteiger charge is 2.21. The molecule has 1 aliphatic carbocycles. The van der Waals surface area contributed by atoms with Crippen molar-refractivity contribution in [1.29, 1.82) is 0 Å². The zero-order chi connectivity index (χ0) is 9.52. The summed E-state index contributed by atoms with van der Waals surface area (Å²) in [6.45, 7) is 6.01. The normalized spacial score (nSPS) is 28.8. The van der Waals surface area contributed by atoms with E-state index in [2.05, 4.69) is 26.0 Å². The Labute approximate surface area is 82.2 Å². The molecule has 0 aromatic carbocycles. The summed E-state index contributed by atoms with van der Waals surface area (Å²) < 4.78 is 5.37. The maximum atomic E-state index is 5.37. The van der Waals surface area contributed by atoms with Crippen molar-refractivity contribution < 1.29 is 4.74 Å². The summed E-state index contributed by atoms with van der Waals surface area (Å²) in [4.78, 5) is 0. The maximum absolute atomic E-state index is 5.37. The first-order chi connectivity index (χ1) is 6.36. The van der Waals surface area contributed by atoms with Gasteiger partial charge in [0.2, 0.25) is 0 Å². The smallest absolute Gasteiger partial charge is 0.0468 e. The quantitative estimate of drug-likeness (QED) is 0.467. The van der Waals surface area contributed by atoms with Crippen molar-refractivity contribution in [2.75, 3.05) is 13.2 Å². The number of hydrogen-bond acceptors (Lipinski definition) is 1. The van der Waals surface area contributed by atoms with Crippen molar-refractivity contribution in [3.05, 3.63) is 12.2 Å². The summed E-state index contributed by atoms with van der Waals surface area (Å²) in [5.74, 6) is 1.78. The Hall–Kier alpha value is -0.300. The van der Waals surface area contributed by atoms with E-state index in [1.165, 1.54) is 25.7 Å². The summed E-state index contributed by atoms with van der Waals surface area (Å²) in [5.41, 5.74) is 0. The molecule has 0 aromatic rings. The molecule has 0 spiro atoms. The van der Waals surface area contributed by atoms with Gasteiger partial charge in [0.25, 0.3) is 0 Å². The first kappa shape index (κ1) is 10.8. The molecule has 0 N–H and O–H groups in total. The summed E-state index contributed by atoms with van der Waals surface area (Å²) in [6.07, 6.45) is 10.00. The van der Waals surface area contributed by atoms with Crippen LogP contribution in [-0.2, 0) is 4.74 Å². The molecule has 0 amide bonds. The van der Waals surface area contributed by atoms with Gasteiger partial charge >= 0.3 is 0 Å². The SMILES string of the molecule is C/C=C/C1CCC(CCOCC)C1. The van der Waals surface area contributed by atoms with Crippen LogP contribution in [0.2, 0.25) is 0 Å². The third-order valence-corrected chi connectivity index (χ3v) is 2.92. The highest BCUT2D eigenvalue weighted by Crippen LogP contribution is 2.33. The van der Waals surface area contributed by atoms with Gasteiger partial charge in [-0.05, 0) is 51.4 Å². The van der Waals surface area contributed by atoms with Crippen molar-refractivity contribution in [3.8, 4) is 0 Å². The lowest BCUT2D eigenvalue weighted by atomic mass is 10.0. The predicted octanol–water partition coefficient (Wildman–Crippen LogP) is 3.41. The Morgan fingerprint density at radius 3 is 2.92 bits per heavy atom. The van der Waals surface area contributed by atoms with Crippen LogP contribution in [0, 0.1) is 11.8 Å². The molecule has 1 fully saturated rings. The Kier molecular flexibility index (Phi) is 5.14. The van der Waals surface area contributed by atoms with Gasteiger partial charge < -0.3 is 4.74 Å². The van der Waals surface area contributed by atoms with Gasteiger partial charge in [0.05, 0.1) is 0 Å². The number of ether oxygens (including phenoxy) is 1. The van der Waals surface area contributed by atoms with Crippen LogP contribution in [0.25, 0.3) is 0 Å². The molecule has 76 valence electrons. The molecule has 13 heavy (non-hydrogen) atoms. The molecular weight excluding hydrogens is 160 g/mol. The van der Waals surface area contributed by atoms with Gasteiger partial charge in [-0.15, -0.1) is 0 Å². The van der Waals surface area contributed by atoms with Crippen molar-refractivity contribution in [2.45, 2.75) is 39.5 Å². The second-order valence-corrected chi connectivity index (χ2v) is 3.95. The van der Waals surface area contributed by atoms with Gasteiger partial charge in [-0.2, -0.15) is 0 Å². The summed E-state index contributed by atoms with van der Waals surface area (Å²) in [5, 5.41) is 0. The molecule has 0 aliphatic heterocycles. The molecule has 1 saturated carbocycles. The second kappa shape index (κ2) is 6.20. The molecule has 0 saturated heterocycles. The van der Waals surface area contributed by atoms with Crippen molar-refractivity contribution in [2.24, 2.45) is 11.8 Å². The molecule has 0 aromatic heterocycles. The fourth-order valence-electron chi connectivity index (χ4n) is 2.22. The molecule has 1 heteroatoms. The zero-order valence-electron chi connectivity index (χ0n) is 8.96. The van der Waals surface area contributed by atoms with Crippen molar-refractivity contribution >= 4 is 0 Å². The van der Waals surface area contributed by atoms with E-state index in [4.69, 9.17) is 4.74 Å². The Balaban J connectivity index is 2.10. The molecule has 1 rings (SSSR count). The van der Waals surface area contributed by atoms with Gasteiger partial charge in [0.1, 0.15) is 0 Å². The van der Waals surface area contributed by atoms with Gasteiger partial charge in [0, 0.05) is 13.2 Å². The van der Waals surface area contributed by atoms with Crippen LogP contribution in [-0.4, -0.2) is 13.2 Å². The molecular formula is C12H22O. The van der Waals surface area contributed by atoms with E-state index in [-0.39, 0.29) is 0 Å². The van der Waals surface area contributed by atoms with Crippen LogP contribution < -0.4 is 0 Å². The molecule has 2 unspecified atom stereocenters. The van der Waals surface area contributed by atoms with Crippen LogP contribution in [0.3, 0.4) is 0 Å². The summed E-state index contributed by atoms with van der Waals surface area (Å²) >= 11 is 0. The average Bonchev–Trinajstić information content (AvgIpc) is 2.54.